The van der Waals surface area contributed by atoms with Crippen LogP contribution in [0.5, 0.6) is 0 Å². The van der Waals surface area contributed by atoms with Gasteiger partial charge in [-0.15, -0.1) is 11.3 Å². The Morgan fingerprint density at radius 2 is 2.18 bits per heavy atom. The number of aromatic amines is 1. The van der Waals surface area contributed by atoms with E-state index in [4.69, 9.17) is 5.73 Å². The van der Waals surface area contributed by atoms with Crippen molar-refractivity contribution in [3.05, 3.63) is 48.1 Å². The molecule has 0 saturated heterocycles. The number of rotatable bonds is 5. The van der Waals surface area contributed by atoms with Crippen molar-refractivity contribution < 1.29 is 4.79 Å². The third-order valence-electron chi connectivity index (χ3n) is 3.04. The van der Waals surface area contributed by atoms with E-state index in [9.17, 15) is 4.79 Å². The molecule has 7 nitrogen and oxygen atoms in total. The summed E-state index contributed by atoms with van der Waals surface area (Å²) in [4.78, 5) is 27.2. The normalized spacial score (nSPS) is 12.0. The van der Waals surface area contributed by atoms with E-state index >= 15 is 0 Å². The minimum atomic E-state index is -0.659. The Labute approximate surface area is 130 Å². The molecule has 8 heteroatoms. The van der Waals surface area contributed by atoms with Crippen LogP contribution in [-0.2, 0) is 11.2 Å². The molecule has 22 heavy (non-hydrogen) atoms. The first-order valence-corrected chi connectivity index (χ1v) is 7.50. The van der Waals surface area contributed by atoms with E-state index in [-0.39, 0.29) is 5.91 Å². The van der Waals surface area contributed by atoms with Crippen molar-refractivity contribution in [3.8, 4) is 11.3 Å². The Morgan fingerprint density at radius 1 is 1.36 bits per heavy atom. The van der Waals surface area contributed by atoms with Crippen LogP contribution in [0.15, 0.2) is 42.4 Å². The van der Waals surface area contributed by atoms with E-state index in [1.54, 1.807) is 24.9 Å². The summed E-state index contributed by atoms with van der Waals surface area (Å²) in [6, 6.07) is 3.07. The van der Waals surface area contributed by atoms with Crippen LogP contribution in [0.25, 0.3) is 11.3 Å². The minimum absolute atomic E-state index is 0.273. The predicted molar refractivity (Wildman–Crippen MR) is 84.2 cm³/mol. The maximum atomic E-state index is 12.1. The maximum Gasteiger partial charge on any atom is 0.243 e. The zero-order valence-electron chi connectivity index (χ0n) is 11.6. The van der Waals surface area contributed by atoms with Gasteiger partial charge in [0.15, 0.2) is 5.13 Å². The molecule has 1 amide bonds. The molecule has 3 aromatic heterocycles. The number of nitrogens with two attached hydrogens (primary N) is 1. The Morgan fingerprint density at radius 3 is 2.91 bits per heavy atom. The van der Waals surface area contributed by atoms with Gasteiger partial charge in [0, 0.05) is 41.6 Å². The molecule has 1 atom stereocenters. The zero-order chi connectivity index (χ0) is 15.4. The van der Waals surface area contributed by atoms with E-state index in [1.165, 1.54) is 11.3 Å². The van der Waals surface area contributed by atoms with Crippen LogP contribution in [-0.4, -0.2) is 31.9 Å². The van der Waals surface area contributed by atoms with E-state index in [0.29, 0.717) is 11.6 Å². The molecule has 3 aromatic rings. The van der Waals surface area contributed by atoms with Crippen LogP contribution < -0.4 is 11.1 Å². The number of aromatic nitrogens is 4. The van der Waals surface area contributed by atoms with Gasteiger partial charge in [0.25, 0.3) is 0 Å². The molecule has 0 aliphatic heterocycles. The SMILES string of the molecule is N[C@H](Cc1cnc[nH]1)C(=O)Nc1nc(-c2ccncc2)cs1. The molecular formula is C14H14N6OS. The average Bonchev–Trinajstić information content (AvgIpc) is 3.20. The van der Waals surface area contributed by atoms with Gasteiger partial charge in [-0.2, -0.15) is 0 Å². The van der Waals surface area contributed by atoms with Gasteiger partial charge in [0.05, 0.1) is 18.1 Å². The van der Waals surface area contributed by atoms with Gasteiger partial charge in [-0.3, -0.25) is 9.78 Å². The summed E-state index contributed by atoms with van der Waals surface area (Å²) in [5.74, 6) is -0.273. The van der Waals surface area contributed by atoms with Crippen molar-refractivity contribution in [1.82, 2.24) is 19.9 Å². The number of amides is 1. The van der Waals surface area contributed by atoms with Gasteiger partial charge < -0.3 is 16.0 Å². The summed E-state index contributed by atoms with van der Waals surface area (Å²) in [6.07, 6.45) is 7.01. The molecule has 0 saturated carbocycles. The number of imidazole rings is 1. The number of nitrogens with one attached hydrogen (secondary N) is 2. The summed E-state index contributed by atoms with van der Waals surface area (Å²) < 4.78 is 0. The summed E-state index contributed by atoms with van der Waals surface area (Å²) in [7, 11) is 0. The number of anilines is 1. The number of pyridine rings is 1. The number of carbonyl (C=O) groups excluding carboxylic acids is 1. The van der Waals surface area contributed by atoms with Gasteiger partial charge in [0.2, 0.25) is 5.91 Å². The van der Waals surface area contributed by atoms with Crippen molar-refractivity contribution in [1.29, 1.82) is 0 Å². The third-order valence-corrected chi connectivity index (χ3v) is 3.80. The molecule has 0 aromatic carbocycles. The number of hydrogen-bond donors (Lipinski definition) is 3. The number of thiazole rings is 1. The second kappa shape index (κ2) is 6.46. The van der Waals surface area contributed by atoms with Crippen molar-refractivity contribution in [2.45, 2.75) is 12.5 Å². The second-order valence-electron chi connectivity index (χ2n) is 4.65. The highest BCUT2D eigenvalue weighted by atomic mass is 32.1. The molecule has 0 aliphatic carbocycles. The molecule has 4 N–H and O–H groups in total. The van der Waals surface area contributed by atoms with Crippen LogP contribution in [0.2, 0.25) is 0 Å². The molecule has 0 aliphatic rings. The minimum Gasteiger partial charge on any atom is -0.348 e. The highest BCUT2D eigenvalue weighted by Gasteiger charge is 2.16. The summed E-state index contributed by atoms with van der Waals surface area (Å²) in [5.41, 5.74) is 8.45. The van der Waals surface area contributed by atoms with Gasteiger partial charge in [0.1, 0.15) is 0 Å². The van der Waals surface area contributed by atoms with Crippen molar-refractivity contribution >= 4 is 22.4 Å². The van der Waals surface area contributed by atoms with E-state index < -0.39 is 6.04 Å². The van der Waals surface area contributed by atoms with Crippen LogP contribution in [0.4, 0.5) is 5.13 Å². The largest absolute Gasteiger partial charge is 0.348 e. The number of nitrogens with zero attached hydrogens (tertiary/aromatic N) is 3. The molecule has 0 unspecified atom stereocenters. The van der Waals surface area contributed by atoms with Crippen molar-refractivity contribution in [2.24, 2.45) is 5.73 Å². The first kappa shape index (κ1) is 14.4. The second-order valence-corrected chi connectivity index (χ2v) is 5.51. The molecule has 0 fully saturated rings. The van der Waals surface area contributed by atoms with Gasteiger partial charge in [-0.25, -0.2) is 9.97 Å². The smallest absolute Gasteiger partial charge is 0.243 e. The molecule has 3 heterocycles. The van der Waals surface area contributed by atoms with Crippen LogP contribution in [0, 0.1) is 0 Å². The lowest BCUT2D eigenvalue weighted by Crippen LogP contribution is -2.37. The van der Waals surface area contributed by atoms with Gasteiger partial charge >= 0.3 is 0 Å². The molecule has 0 radical (unpaired) electrons. The third kappa shape index (κ3) is 3.35. The zero-order valence-corrected chi connectivity index (χ0v) is 12.4. The average molecular weight is 314 g/mol. The van der Waals surface area contributed by atoms with Crippen LogP contribution >= 0.6 is 11.3 Å². The molecule has 112 valence electrons. The lowest BCUT2D eigenvalue weighted by molar-refractivity contribution is -0.117. The Bertz CT molecular complexity index is 740. The number of carbonyl (C=O) groups is 1. The standard InChI is InChI=1S/C14H14N6OS/c15-11(5-10-6-17-8-18-10)13(21)20-14-19-12(7-22-14)9-1-3-16-4-2-9/h1-4,6-8,11H,5,15H2,(H,17,18)(H,19,20,21)/t11-/m1/s1. The fourth-order valence-electron chi connectivity index (χ4n) is 1.91. The van der Waals surface area contributed by atoms with E-state index in [2.05, 4.69) is 25.3 Å². The first-order valence-electron chi connectivity index (χ1n) is 6.62. The summed E-state index contributed by atoms with van der Waals surface area (Å²) in [6.45, 7) is 0. The Hall–Kier alpha value is -2.58. The van der Waals surface area contributed by atoms with Crippen molar-refractivity contribution in [2.75, 3.05) is 5.32 Å². The molecule has 0 spiro atoms. The quantitative estimate of drug-likeness (QED) is 0.660. The summed E-state index contributed by atoms with van der Waals surface area (Å²) in [5, 5.41) is 5.14. The number of hydrogen-bond acceptors (Lipinski definition) is 6. The number of H-pyrrole nitrogens is 1. The highest BCUT2D eigenvalue weighted by Crippen LogP contribution is 2.24. The van der Waals surface area contributed by atoms with Crippen LogP contribution in [0.3, 0.4) is 0 Å². The monoisotopic (exact) mass is 314 g/mol. The molecule has 3 rings (SSSR count). The Kier molecular flexibility index (Phi) is 4.22. The van der Waals surface area contributed by atoms with Crippen molar-refractivity contribution in [3.63, 3.8) is 0 Å². The predicted octanol–water partition coefficient (Wildman–Crippen LogP) is 1.44. The lowest BCUT2D eigenvalue weighted by Gasteiger charge is -2.09. The highest BCUT2D eigenvalue weighted by molar-refractivity contribution is 7.14. The first-order chi connectivity index (χ1) is 10.7. The summed E-state index contributed by atoms with van der Waals surface area (Å²) >= 11 is 1.36. The fraction of sp³-hybridized carbons (Fsp3) is 0.143. The topological polar surface area (TPSA) is 110 Å². The van der Waals surface area contributed by atoms with Gasteiger partial charge in [-0.1, -0.05) is 0 Å². The fourth-order valence-corrected chi connectivity index (χ4v) is 2.63. The van der Waals surface area contributed by atoms with E-state index in [0.717, 1.165) is 17.0 Å². The Balaban J connectivity index is 1.63. The maximum absolute atomic E-state index is 12.1. The van der Waals surface area contributed by atoms with E-state index in [1.807, 2.05) is 17.5 Å². The lowest BCUT2D eigenvalue weighted by atomic mass is 10.2. The van der Waals surface area contributed by atoms with Crippen LogP contribution in [0.1, 0.15) is 5.69 Å². The molecular weight excluding hydrogens is 300 g/mol. The molecule has 0 bridgehead atoms. The van der Waals surface area contributed by atoms with Gasteiger partial charge in [-0.05, 0) is 12.1 Å².